The number of hydrogen-bond donors (Lipinski definition) is 2. The monoisotopic (exact) mass is 423 g/mol. The third-order valence-electron chi connectivity index (χ3n) is 6.39. The average Bonchev–Trinajstić information content (AvgIpc) is 3.28. The summed E-state index contributed by atoms with van der Waals surface area (Å²) in [6.45, 7) is 1.26. The van der Waals surface area contributed by atoms with Gasteiger partial charge in [0.1, 0.15) is 11.4 Å². The van der Waals surface area contributed by atoms with E-state index >= 15 is 0 Å². The zero-order valence-corrected chi connectivity index (χ0v) is 17.7. The highest BCUT2D eigenvalue weighted by molar-refractivity contribution is 6.33. The van der Waals surface area contributed by atoms with Crippen molar-refractivity contribution in [1.29, 1.82) is 0 Å². The Morgan fingerprint density at radius 3 is 2.83 bits per heavy atom. The van der Waals surface area contributed by atoms with E-state index in [1.165, 1.54) is 12.8 Å². The van der Waals surface area contributed by atoms with Gasteiger partial charge in [-0.1, -0.05) is 36.6 Å². The van der Waals surface area contributed by atoms with Gasteiger partial charge in [0.25, 0.3) is 5.91 Å². The Morgan fingerprint density at radius 1 is 1.17 bits per heavy atom. The number of carbonyl (C=O) groups is 1. The summed E-state index contributed by atoms with van der Waals surface area (Å²) in [6.07, 6.45) is 8.29. The van der Waals surface area contributed by atoms with Crippen LogP contribution in [0.4, 0.5) is 11.5 Å². The number of aromatic nitrogens is 1. The molecule has 2 aliphatic heterocycles. The van der Waals surface area contributed by atoms with Crippen LogP contribution in [0.1, 0.15) is 48.9 Å². The van der Waals surface area contributed by atoms with Crippen molar-refractivity contribution in [2.75, 3.05) is 23.7 Å². The standard InChI is InChI=1S/C23H26ClN5O/c24-18-10-4-3-9-17(18)21(30)29-14-6-12-23(15-29)22(26-16-7-1-2-8-16)27-20-19(28-23)11-5-13-25-20/h3-5,9-11,13,16,28H,1-2,6-8,12,14-15H2,(H,25,26,27). The van der Waals surface area contributed by atoms with Gasteiger partial charge in [-0.2, -0.15) is 0 Å². The van der Waals surface area contributed by atoms with Crippen LogP contribution in [-0.2, 0) is 0 Å². The highest BCUT2D eigenvalue weighted by Gasteiger charge is 2.45. The predicted octanol–water partition coefficient (Wildman–Crippen LogP) is 4.59. The van der Waals surface area contributed by atoms with Crippen molar-refractivity contribution < 1.29 is 4.79 Å². The molecule has 0 radical (unpaired) electrons. The van der Waals surface area contributed by atoms with E-state index in [0.717, 1.165) is 43.0 Å². The summed E-state index contributed by atoms with van der Waals surface area (Å²) in [5, 5.41) is 7.70. The summed E-state index contributed by atoms with van der Waals surface area (Å²) < 4.78 is 0. The van der Waals surface area contributed by atoms with E-state index in [1.807, 2.05) is 29.2 Å². The van der Waals surface area contributed by atoms with Crippen molar-refractivity contribution >= 4 is 34.8 Å². The van der Waals surface area contributed by atoms with Crippen LogP contribution in [0.3, 0.4) is 0 Å². The first-order valence-electron chi connectivity index (χ1n) is 10.8. The second-order valence-electron chi connectivity index (χ2n) is 8.46. The molecule has 7 heteroatoms. The number of fused-ring (bicyclic) bond motifs is 1. The Kier molecular flexibility index (Phi) is 5.11. The van der Waals surface area contributed by atoms with E-state index in [2.05, 4.69) is 15.6 Å². The number of rotatable bonds is 2. The average molecular weight is 424 g/mol. The molecule has 0 bridgehead atoms. The van der Waals surface area contributed by atoms with Crippen molar-refractivity contribution in [3.63, 3.8) is 0 Å². The topological polar surface area (TPSA) is 69.6 Å². The lowest BCUT2D eigenvalue weighted by atomic mass is 9.85. The van der Waals surface area contributed by atoms with E-state index < -0.39 is 5.54 Å². The first-order chi connectivity index (χ1) is 14.6. The molecule has 30 heavy (non-hydrogen) atoms. The first-order valence-corrected chi connectivity index (χ1v) is 11.1. The maximum absolute atomic E-state index is 13.3. The quantitative estimate of drug-likeness (QED) is 0.741. The summed E-state index contributed by atoms with van der Waals surface area (Å²) in [4.78, 5) is 24.8. The van der Waals surface area contributed by atoms with Gasteiger partial charge in [-0.25, -0.2) is 4.98 Å². The van der Waals surface area contributed by atoms with Crippen LogP contribution in [0.15, 0.2) is 47.6 Å². The number of aliphatic imine (C=N–C) groups is 1. The maximum Gasteiger partial charge on any atom is 0.255 e. The van der Waals surface area contributed by atoms with Gasteiger partial charge < -0.3 is 15.5 Å². The summed E-state index contributed by atoms with van der Waals surface area (Å²) >= 11 is 6.32. The number of anilines is 2. The maximum atomic E-state index is 13.3. The molecule has 1 saturated heterocycles. The number of likely N-dealkylation sites (tertiary alicyclic amines) is 1. The van der Waals surface area contributed by atoms with Crippen LogP contribution in [0.2, 0.25) is 5.02 Å². The van der Waals surface area contributed by atoms with E-state index in [-0.39, 0.29) is 5.91 Å². The first kappa shape index (κ1) is 19.4. The molecule has 1 spiro atoms. The van der Waals surface area contributed by atoms with Gasteiger partial charge in [0, 0.05) is 12.7 Å². The molecule has 1 aliphatic carbocycles. The molecule has 1 aromatic heterocycles. The van der Waals surface area contributed by atoms with Gasteiger partial charge in [-0.3, -0.25) is 9.79 Å². The Balaban J connectivity index is 1.49. The summed E-state index contributed by atoms with van der Waals surface area (Å²) in [6, 6.07) is 11.6. The lowest BCUT2D eigenvalue weighted by Gasteiger charge is -2.47. The molecule has 3 aliphatic rings. The van der Waals surface area contributed by atoms with Gasteiger partial charge in [0.2, 0.25) is 0 Å². The number of carbonyl (C=O) groups excluding carboxylic acids is 1. The minimum atomic E-state index is -0.437. The third kappa shape index (κ3) is 3.54. The molecule has 1 unspecified atom stereocenters. The number of nitrogens with one attached hydrogen (secondary N) is 2. The molecule has 1 amide bonds. The number of halogens is 1. The second-order valence-corrected chi connectivity index (χ2v) is 8.86. The van der Waals surface area contributed by atoms with Gasteiger partial charge in [-0.15, -0.1) is 0 Å². The lowest BCUT2D eigenvalue weighted by Crippen LogP contribution is -2.62. The van der Waals surface area contributed by atoms with Crippen LogP contribution in [0.5, 0.6) is 0 Å². The molecule has 1 saturated carbocycles. The van der Waals surface area contributed by atoms with E-state index in [9.17, 15) is 4.79 Å². The molecular weight excluding hydrogens is 398 g/mol. The minimum Gasteiger partial charge on any atom is -0.368 e. The molecule has 1 aromatic carbocycles. The Bertz CT molecular complexity index is 987. The highest BCUT2D eigenvalue weighted by atomic mass is 35.5. The van der Waals surface area contributed by atoms with Crippen LogP contribution < -0.4 is 10.6 Å². The van der Waals surface area contributed by atoms with Crippen LogP contribution in [-0.4, -0.2) is 46.3 Å². The molecule has 2 fully saturated rings. The Morgan fingerprint density at radius 2 is 2.00 bits per heavy atom. The molecular formula is C23H26ClN5O. The number of pyridine rings is 1. The van der Waals surface area contributed by atoms with Gasteiger partial charge in [0.15, 0.2) is 5.82 Å². The molecule has 3 heterocycles. The van der Waals surface area contributed by atoms with Crippen molar-refractivity contribution in [3.05, 3.63) is 53.2 Å². The summed E-state index contributed by atoms with van der Waals surface area (Å²) in [7, 11) is 0. The zero-order chi connectivity index (χ0) is 20.6. The largest absolute Gasteiger partial charge is 0.368 e. The number of hydrogen-bond acceptors (Lipinski definition) is 4. The molecule has 1 atom stereocenters. The van der Waals surface area contributed by atoms with Crippen LogP contribution in [0, 0.1) is 0 Å². The lowest BCUT2D eigenvalue weighted by molar-refractivity contribution is 0.0694. The Labute approximate surface area is 181 Å². The van der Waals surface area contributed by atoms with Crippen molar-refractivity contribution in [2.24, 2.45) is 4.99 Å². The van der Waals surface area contributed by atoms with Gasteiger partial charge in [0.05, 0.1) is 28.9 Å². The summed E-state index contributed by atoms with van der Waals surface area (Å²) in [5.41, 5.74) is 1.07. The second kappa shape index (κ2) is 7.91. The number of piperidine rings is 1. The highest BCUT2D eigenvalue weighted by Crippen LogP contribution is 2.36. The molecule has 2 aromatic rings. The van der Waals surface area contributed by atoms with Crippen molar-refractivity contribution in [2.45, 2.75) is 50.1 Å². The van der Waals surface area contributed by atoms with E-state index in [1.54, 1.807) is 18.3 Å². The smallest absolute Gasteiger partial charge is 0.255 e. The fourth-order valence-corrected chi connectivity index (χ4v) is 5.07. The molecule has 156 valence electrons. The number of benzene rings is 1. The zero-order valence-electron chi connectivity index (χ0n) is 16.9. The van der Waals surface area contributed by atoms with Gasteiger partial charge in [-0.05, 0) is 49.9 Å². The number of amidine groups is 1. The normalized spacial score (nSPS) is 25.1. The predicted molar refractivity (Wildman–Crippen MR) is 120 cm³/mol. The van der Waals surface area contributed by atoms with E-state index in [4.69, 9.17) is 16.6 Å². The van der Waals surface area contributed by atoms with E-state index in [0.29, 0.717) is 29.7 Å². The number of amides is 1. The van der Waals surface area contributed by atoms with Crippen molar-refractivity contribution in [1.82, 2.24) is 9.88 Å². The molecule has 5 rings (SSSR count). The molecule has 6 nitrogen and oxygen atoms in total. The summed E-state index contributed by atoms with van der Waals surface area (Å²) in [5.74, 6) is 1.69. The Hall–Kier alpha value is -2.60. The number of nitrogens with zero attached hydrogens (tertiary/aromatic N) is 3. The van der Waals surface area contributed by atoms with Gasteiger partial charge >= 0.3 is 0 Å². The fourth-order valence-electron chi connectivity index (χ4n) is 4.86. The molecule has 2 N–H and O–H groups in total. The SMILES string of the molecule is O=C(c1ccccc1Cl)N1CCCC2(C1)Nc1cccnc1NC2=NC1CCCC1. The van der Waals surface area contributed by atoms with Crippen LogP contribution in [0.25, 0.3) is 0 Å². The third-order valence-corrected chi connectivity index (χ3v) is 6.72. The minimum absolute atomic E-state index is 0.0290. The van der Waals surface area contributed by atoms with Crippen molar-refractivity contribution in [3.8, 4) is 0 Å². The fraction of sp³-hybridized carbons (Fsp3) is 0.435. The van der Waals surface area contributed by atoms with Crippen LogP contribution >= 0.6 is 11.6 Å².